The topological polar surface area (TPSA) is 70.7 Å². The number of fused-ring (bicyclic) bond motifs is 1. The maximum absolute atomic E-state index is 12.9. The van der Waals surface area contributed by atoms with E-state index in [2.05, 4.69) is 34.7 Å². The summed E-state index contributed by atoms with van der Waals surface area (Å²) in [5.74, 6) is 0.0632. The van der Waals surface area contributed by atoms with Gasteiger partial charge in [-0.05, 0) is 79.5 Å². The molecule has 34 heavy (non-hydrogen) atoms. The van der Waals surface area contributed by atoms with Gasteiger partial charge in [-0.1, -0.05) is 29.8 Å². The first-order valence-corrected chi connectivity index (χ1v) is 11.6. The second-order valence-electron chi connectivity index (χ2n) is 8.60. The van der Waals surface area contributed by atoms with Crippen molar-refractivity contribution in [3.05, 3.63) is 93.5 Å². The zero-order valence-electron chi connectivity index (χ0n) is 19.5. The molecule has 0 saturated carbocycles. The average Bonchev–Trinajstić information content (AvgIpc) is 2.83. The van der Waals surface area contributed by atoms with E-state index in [0.29, 0.717) is 21.9 Å². The number of carbonyl (C=O) groups excluding carboxylic acids is 2. The van der Waals surface area contributed by atoms with E-state index in [-0.39, 0.29) is 17.9 Å². The Balaban J connectivity index is 1.44. The van der Waals surface area contributed by atoms with Crippen molar-refractivity contribution in [3.8, 4) is 5.75 Å². The smallest absolute Gasteiger partial charge is 0.255 e. The Kier molecular flexibility index (Phi) is 7.20. The fourth-order valence-electron chi connectivity index (χ4n) is 4.10. The fraction of sp³-hybridized carbons (Fsp3) is 0.259. The Hall–Kier alpha value is -3.35. The quantitative estimate of drug-likeness (QED) is 0.519. The van der Waals surface area contributed by atoms with Gasteiger partial charge < -0.3 is 20.3 Å². The number of rotatable bonds is 6. The van der Waals surface area contributed by atoms with E-state index in [1.807, 2.05) is 25.1 Å². The van der Waals surface area contributed by atoms with Crippen molar-refractivity contribution >= 4 is 29.1 Å². The van der Waals surface area contributed by atoms with Crippen LogP contribution in [0.4, 0.5) is 5.69 Å². The highest BCUT2D eigenvalue weighted by Gasteiger charge is 2.17. The van der Waals surface area contributed by atoms with Crippen molar-refractivity contribution in [1.29, 1.82) is 0 Å². The summed E-state index contributed by atoms with van der Waals surface area (Å²) in [6.45, 7) is 3.80. The number of anilines is 1. The fourth-order valence-corrected chi connectivity index (χ4v) is 4.36. The van der Waals surface area contributed by atoms with Crippen LogP contribution in [0.2, 0.25) is 5.02 Å². The number of halogens is 1. The number of carbonyl (C=O) groups is 2. The molecule has 0 saturated heterocycles. The van der Waals surface area contributed by atoms with Crippen LogP contribution in [-0.4, -0.2) is 37.4 Å². The Morgan fingerprint density at radius 3 is 2.56 bits per heavy atom. The Labute approximate surface area is 204 Å². The number of likely N-dealkylation sites (N-methyl/N-ethyl adjacent to an activating group) is 1. The lowest BCUT2D eigenvalue weighted by Crippen LogP contribution is -2.27. The van der Waals surface area contributed by atoms with Gasteiger partial charge in [-0.15, -0.1) is 0 Å². The molecule has 1 aliphatic rings. The maximum atomic E-state index is 12.9. The van der Waals surface area contributed by atoms with Crippen LogP contribution in [0.5, 0.6) is 5.75 Å². The summed E-state index contributed by atoms with van der Waals surface area (Å²) in [6.07, 6.45) is 1.02. The first-order chi connectivity index (χ1) is 16.3. The third-order valence-corrected chi connectivity index (χ3v) is 6.37. The second-order valence-corrected chi connectivity index (χ2v) is 9.00. The van der Waals surface area contributed by atoms with Crippen molar-refractivity contribution in [1.82, 2.24) is 10.2 Å². The minimum absolute atomic E-state index is 0.188. The van der Waals surface area contributed by atoms with Gasteiger partial charge in [0.05, 0.1) is 18.2 Å². The van der Waals surface area contributed by atoms with Gasteiger partial charge in [0.1, 0.15) is 5.75 Å². The zero-order chi connectivity index (χ0) is 24.2. The molecule has 0 radical (unpaired) electrons. The van der Waals surface area contributed by atoms with Crippen molar-refractivity contribution < 1.29 is 14.3 Å². The van der Waals surface area contributed by atoms with Gasteiger partial charge in [-0.25, -0.2) is 0 Å². The molecule has 2 N–H and O–H groups in total. The van der Waals surface area contributed by atoms with Crippen LogP contribution in [0.3, 0.4) is 0 Å². The average molecular weight is 478 g/mol. The van der Waals surface area contributed by atoms with E-state index < -0.39 is 0 Å². The molecule has 2 amide bonds. The van der Waals surface area contributed by atoms with Crippen LogP contribution in [0, 0.1) is 0 Å². The predicted octanol–water partition coefficient (Wildman–Crippen LogP) is 5.08. The molecule has 176 valence electrons. The maximum Gasteiger partial charge on any atom is 0.255 e. The number of methoxy groups -OCH3 is 1. The van der Waals surface area contributed by atoms with Gasteiger partial charge in [0.2, 0.25) is 0 Å². The Morgan fingerprint density at radius 2 is 1.79 bits per heavy atom. The third-order valence-electron chi connectivity index (χ3n) is 6.08. The summed E-state index contributed by atoms with van der Waals surface area (Å²) in [7, 11) is 3.62. The van der Waals surface area contributed by atoms with Crippen molar-refractivity contribution in [3.63, 3.8) is 0 Å². The SMILES string of the molecule is COc1ccc(C(=O)NC(C)c2cccc(C(=O)Nc3ccc4c(c3)CN(C)CC4)c2)cc1Cl. The zero-order valence-corrected chi connectivity index (χ0v) is 20.3. The number of ether oxygens (including phenoxy) is 1. The standard InChI is InChI=1S/C27H28ClN3O3/c1-17(29-26(32)21-8-10-25(34-3)24(28)15-21)19-5-4-6-20(13-19)27(33)30-23-9-7-18-11-12-31(2)16-22(18)14-23/h4-10,13-15,17H,11-12,16H2,1-3H3,(H,29,32)(H,30,33). The lowest BCUT2D eigenvalue weighted by atomic mass is 9.99. The Bertz CT molecular complexity index is 1230. The molecule has 7 heteroatoms. The van der Waals surface area contributed by atoms with Gasteiger partial charge in [-0.3, -0.25) is 9.59 Å². The molecule has 3 aromatic carbocycles. The van der Waals surface area contributed by atoms with E-state index in [1.165, 1.54) is 18.2 Å². The first kappa shape index (κ1) is 23.8. The number of hydrogen-bond donors (Lipinski definition) is 2. The van der Waals surface area contributed by atoms with Crippen molar-refractivity contribution in [2.75, 3.05) is 26.0 Å². The summed E-state index contributed by atoms with van der Waals surface area (Å²) >= 11 is 6.14. The summed E-state index contributed by atoms with van der Waals surface area (Å²) in [6, 6.07) is 18.0. The van der Waals surface area contributed by atoms with Gasteiger partial charge in [0, 0.05) is 29.9 Å². The van der Waals surface area contributed by atoms with Crippen LogP contribution in [0.1, 0.15) is 50.4 Å². The molecule has 0 fully saturated rings. The highest BCUT2D eigenvalue weighted by molar-refractivity contribution is 6.32. The lowest BCUT2D eigenvalue weighted by molar-refractivity contribution is 0.0939. The van der Waals surface area contributed by atoms with Gasteiger partial charge in [0.15, 0.2) is 0 Å². The number of amides is 2. The molecular weight excluding hydrogens is 450 g/mol. The van der Waals surface area contributed by atoms with Crippen LogP contribution in [-0.2, 0) is 13.0 Å². The number of benzene rings is 3. The van der Waals surface area contributed by atoms with Crippen molar-refractivity contribution in [2.24, 2.45) is 0 Å². The molecule has 0 aromatic heterocycles. The minimum Gasteiger partial charge on any atom is -0.495 e. The third kappa shape index (κ3) is 5.41. The molecule has 0 bridgehead atoms. The first-order valence-electron chi connectivity index (χ1n) is 11.2. The van der Waals surface area contributed by atoms with Crippen LogP contribution >= 0.6 is 11.6 Å². The van der Waals surface area contributed by atoms with E-state index in [4.69, 9.17) is 16.3 Å². The van der Waals surface area contributed by atoms with Crippen molar-refractivity contribution in [2.45, 2.75) is 25.9 Å². The van der Waals surface area contributed by atoms with E-state index in [0.717, 1.165) is 30.8 Å². The van der Waals surface area contributed by atoms with Gasteiger partial charge >= 0.3 is 0 Å². The highest BCUT2D eigenvalue weighted by atomic mass is 35.5. The van der Waals surface area contributed by atoms with Gasteiger partial charge in [0.25, 0.3) is 11.8 Å². The molecular formula is C27H28ClN3O3. The molecule has 1 unspecified atom stereocenters. The van der Waals surface area contributed by atoms with Crippen LogP contribution < -0.4 is 15.4 Å². The number of nitrogens with zero attached hydrogens (tertiary/aromatic N) is 1. The van der Waals surface area contributed by atoms with Crippen LogP contribution in [0.25, 0.3) is 0 Å². The number of hydrogen-bond acceptors (Lipinski definition) is 4. The van der Waals surface area contributed by atoms with Gasteiger partial charge in [-0.2, -0.15) is 0 Å². The second kappa shape index (κ2) is 10.3. The molecule has 4 rings (SSSR count). The van der Waals surface area contributed by atoms with E-state index in [1.54, 1.807) is 30.3 Å². The van der Waals surface area contributed by atoms with E-state index in [9.17, 15) is 9.59 Å². The minimum atomic E-state index is -0.305. The summed E-state index contributed by atoms with van der Waals surface area (Å²) in [5, 5.41) is 6.33. The molecule has 1 heterocycles. The summed E-state index contributed by atoms with van der Waals surface area (Å²) < 4.78 is 5.14. The molecule has 0 spiro atoms. The monoisotopic (exact) mass is 477 g/mol. The lowest BCUT2D eigenvalue weighted by Gasteiger charge is -2.25. The molecule has 3 aromatic rings. The summed E-state index contributed by atoms with van der Waals surface area (Å²) in [5.41, 5.74) is 5.15. The molecule has 1 atom stereocenters. The predicted molar refractivity (Wildman–Crippen MR) is 135 cm³/mol. The normalized spacial score (nSPS) is 14.1. The Morgan fingerprint density at radius 1 is 1.00 bits per heavy atom. The molecule has 1 aliphatic heterocycles. The van der Waals surface area contributed by atoms with Crippen LogP contribution in [0.15, 0.2) is 60.7 Å². The molecule has 0 aliphatic carbocycles. The number of nitrogens with one attached hydrogen (secondary N) is 2. The largest absolute Gasteiger partial charge is 0.495 e. The summed E-state index contributed by atoms with van der Waals surface area (Å²) in [4.78, 5) is 27.9. The molecule has 6 nitrogen and oxygen atoms in total. The van der Waals surface area contributed by atoms with E-state index >= 15 is 0 Å². The highest BCUT2D eigenvalue weighted by Crippen LogP contribution is 2.26.